The molecule has 23 heavy (non-hydrogen) atoms. The molecule has 2 aliphatic heterocycles. The Morgan fingerprint density at radius 3 is 2.57 bits per heavy atom. The lowest BCUT2D eigenvalue weighted by atomic mass is 9.98. The quantitative estimate of drug-likeness (QED) is 0.753. The maximum atomic E-state index is 12.8. The number of nitrogens with zero attached hydrogens (tertiary/aromatic N) is 2. The lowest BCUT2D eigenvalue weighted by molar-refractivity contribution is -0.123. The van der Waals surface area contributed by atoms with E-state index in [2.05, 4.69) is 36.4 Å². The number of carbonyl (C=O) groups excluding carboxylic acids is 3. The van der Waals surface area contributed by atoms with Crippen molar-refractivity contribution in [2.24, 2.45) is 0 Å². The van der Waals surface area contributed by atoms with Gasteiger partial charge in [0, 0.05) is 12.0 Å². The average Bonchev–Trinajstić information content (AvgIpc) is 3.08. The molecule has 124 valence electrons. The van der Waals surface area contributed by atoms with Crippen LogP contribution in [-0.4, -0.2) is 46.4 Å². The van der Waals surface area contributed by atoms with Crippen molar-refractivity contribution >= 4 is 29.2 Å². The van der Waals surface area contributed by atoms with Gasteiger partial charge in [-0.1, -0.05) is 20.8 Å². The van der Waals surface area contributed by atoms with Crippen molar-refractivity contribution < 1.29 is 14.4 Å². The van der Waals surface area contributed by atoms with Crippen LogP contribution in [0.4, 0.5) is 4.79 Å². The Hall–Kier alpha value is -1.96. The second-order valence-electron chi connectivity index (χ2n) is 7.15. The summed E-state index contributed by atoms with van der Waals surface area (Å²) in [5.74, 6) is -0.476. The van der Waals surface area contributed by atoms with Crippen molar-refractivity contribution in [3.63, 3.8) is 0 Å². The van der Waals surface area contributed by atoms with E-state index in [0.717, 1.165) is 5.01 Å². The summed E-state index contributed by atoms with van der Waals surface area (Å²) in [4.78, 5) is 42.9. The molecule has 0 saturated carbocycles. The first kappa shape index (κ1) is 15.9. The number of hydrogen-bond donors (Lipinski definition) is 2. The third-order valence-electron chi connectivity index (χ3n) is 4.20. The molecule has 2 fully saturated rings. The number of urea groups is 1. The summed E-state index contributed by atoms with van der Waals surface area (Å²) in [7, 11) is 0. The molecule has 0 aliphatic carbocycles. The van der Waals surface area contributed by atoms with E-state index in [9.17, 15) is 14.4 Å². The fraction of sp³-hybridized carbons (Fsp3) is 0.600. The minimum absolute atomic E-state index is 0.112. The number of nitrogens with one attached hydrogen (secondary N) is 2. The predicted molar refractivity (Wildman–Crippen MR) is 85.5 cm³/mol. The number of rotatable bonds is 1. The van der Waals surface area contributed by atoms with E-state index >= 15 is 0 Å². The van der Waals surface area contributed by atoms with E-state index in [0.29, 0.717) is 23.5 Å². The highest BCUT2D eigenvalue weighted by molar-refractivity contribution is 7.14. The van der Waals surface area contributed by atoms with Gasteiger partial charge in [0.15, 0.2) is 0 Å². The van der Waals surface area contributed by atoms with Gasteiger partial charge in [0.25, 0.3) is 11.8 Å². The highest BCUT2D eigenvalue weighted by atomic mass is 32.1. The molecule has 2 aliphatic rings. The number of aryl methyl sites for hydroxylation is 1. The third-order valence-corrected chi connectivity index (χ3v) is 5.77. The summed E-state index contributed by atoms with van der Waals surface area (Å²) in [5, 5.41) is 5.82. The Labute approximate surface area is 138 Å². The topological polar surface area (TPSA) is 91.4 Å². The van der Waals surface area contributed by atoms with Crippen LogP contribution in [0.1, 0.15) is 47.6 Å². The molecule has 1 unspecified atom stereocenters. The predicted octanol–water partition coefficient (Wildman–Crippen LogP) is 1.17. The summed E-state index contributed by atoms with van der Waals surface area (Å²) < 4.78 is 0. The van der Waals surface area contributed by atoms with Crippen molar-refractivity contribution in [3.8, 4) is 0 Å². The fourth-order valence-electron chi connectivity index (χ4n) is 2.86. The van der Waals surface area contributed by atoms with Crippen LogP contribution in [0.15, 0.2) is 0 Å². The first-order chi connectivity index (χ1) is 10.6. The SMILES string of the molecule is Cc1nc(C(C)(C)C)sc1C(=O)N1CCC2(C1)NC(=O)NC2=O. The molecule has 1 spiro atoms. The van der Waals surface area contributed by atoms with Gasteiger partial charge in [0.1, 0.15) is 10.4 Å². The molecule has 0 radical (unpaired) electrons. The Morgan fingerprint density at radius 2 is 2.04 bits per heavy atom. The van der Waals surface area contributed by atoms with Crippen molar-refractivity contribution in [2.45, 2.75) is 45.1 Å². The number of likely N-dealkylation sites (tertiary alicyclic amines) is 1. The van der Waals surface area contributed by atoms with E-state index in [4.69, 9.17) is 0 Å². The van der Waals surface area contributed by atoms with E-state index in [1.165, 1.54) is 11.3 Å². The molecule has 0 bridgehead atoms. The van der Waals surface area contributed by atoms with Gasteiger partial charge in [0.2, 0.25) is 0 Å². The summed E-state index contributed by atoms with van der Waals surface area (Å²) in [6, 6.07) is -0.492. The molecule has 8 heteroatoms. The van der Waals surface area contributed by atoms with E-state index < -0.39 is 11.6 Å². The van der Waals surface area contributed by atoms with Crippen LogP contribution in [-0.2, 0) is 10.2 Å². The van der Waals surface area contributed by atoms with E-state index in [1.807, 2.05) is 6.92 Å². The first-order valence-corrected chi connectivity index (χ1v) is 8.35. The molecule has 2 saturated heterocycles. The molecular weight excluding hydrogens is 316 g/mol. The standard InChI is InChI=1S/C15H20N4O3S/c1-8-9(23-12(16-8)14(2,3)4)10(20)19-6-5-15(7-19)11(21)17-13(22)18-15/h5-7H2,1-4H3,(H2,17,18,21,22). The molecular formula is C15H20N4O3S. The third kappa shape index (κ3) is 2.60. The van der Waals surface area contributed by atoms with E-state index in [1.54, 1.807) is 4.90 Å². The maximum Gasteiger partial charge on any atom is 0.322 e. The minimum Gasteiger partial charge on any atom is -0.335 e. The lowest BCUT2D eigenvalue weighted by Crippen LogP contribution is -2.49. The Bertz CT molecular complexity index is 706. The Kier molecular flexibility index (Phi) is 3.47. The second kappa shape index (κ2) is 5.02. The summed E-state index contributed by atoms with van der Waals surface area (Å²) in [6.07, 6.45) is 0.431. The van der Waals surface area contributed by atoms with Gasteiger partial charge in [0.05, 0.1) is 17.2 Å². The zero-order chi connectivity index (χ0) is 17.0. The number of thiazole rings is 1. The van der Waals surface area contributed by atoms with Gasteiger partial charge in [-0.25, -0.2) is 9.78 Å². The molecule has 1 atom stereocenters. The largest absolute Gasteiger partial charge is 0.335 e. The zero-order valence-corrected chi connectivity index (χ0v) is 14.5. The van der Waals surface area contributed by atoms with Crippen molar-refractivity contribution in [3.05, 3.63) is 15.6 Å². The molecule has 1 aromatic rings. The second-order valence-corrected chi connectivity index (χ2v) is 8.15. The van der Waals surface area contributed by atoms with Gasteiger partial charge in [-0.15, -0.1) is 11.3 Å². The molecule has 3 rings (SSSR count). The Balaban J connectivity index is 1.82. The normalized spacial score (nSPS) is 24.3. The van der Waals surface area contributed by atoms with Crippen LogP contribution in [0.3, 0.4) is 0 Å². The molecule has 2 N–H and O–H groups in total. The average molecular weight is 336 g/mol. The van der Waals surface area contributed by atoms with Crippen LogP contribution in [0.2, 0.25) is 0 Å². The number of hydrogen-bond acceptors (Lipinski definition) is 5. The van der Waals surface area contributed by atoms with Crippen LogP contribution >= 0.6 is 11.3 Å². The van der Waals surface area contributed by atoms with E-state index in [-0.39, 0.29) is 23.8 Å². The molecule has 4 amide bonds. The van der Waals surface area contributed by atoms with Crippen LogP contribution < -0.4 is 10.6 Å². The number of aromatic nitrogens is 1. The molecule has 1 aromatic heterocycles. The van der Waals surface area contributed by atoms with Crippen molar-refractivity contribution in [1.29, 1.82) is 0 Å². The number of imide groups is 1. The number of amides is 4. The summed E-state index contributed by atoms with van der Waals surface area (Å²) in [5.41, 5.74) is -0.372. The fourth-order valence-corrected chi connectivity index (χ4v) is 3.95. The summed E-state index contributed by atoms with van der Waals surface area (Å²) in [6.45, 7) is 8.64. The highest BCUT2D eigenvalue weighted by Crippen LogP contribution is 2.32. The Morgan fingerprint density at radius 1 is 1.35 bits per heavy atom. The smallest absolute Gasteiger partial charge is 0.322 e. The van der Waals surface area contributed by atoms with Gasteiger partial charge >= 0.3 is 6.03 Å². The van der Waals surface area contributed by atoms with Crippen molar-refractivity contribution in [2.75, 3.05) is 13.1 Å². The maximum absolute atomic E-state index is 12.8. The minimum atomic E-state index is -0.974. The monoisotopic (exact) mass is 336 g/mol. The molecule has 3 heterocycles. The highest BCUT2D eigenvalue weighted by Gasteiger charge is 2.52. The first-order valence-electron chi connectivity index (χ1n) is 7.53. The van der Waals surface area contributed by atoms with Crippen LogP contribution in [0.25, 0.3) is 0 Å². The van der Waals surface area contributed by atoms with Gasteiger partial charge < -0.3 is 10.2 Å². The number of carbonyl (C=O) groups is 3. The van der Waals surface area contributed by atoms with Gasteiger partial charge in [-0.05, 0) is 13.3 Å². The zero-order valence-electron chi connectivity index (χ0n) is 13.6. The van der Waals surface area contributed by atoms with Crippen LogP contribution in [0.5, 0.6) is 0 Å². The van der Waals surface area contributed by atoms with Gasteiger partial charge in [-0.2, -0.15) is 0 Å². The lowest BCUT2D eigenvalue weighted by Gasteiger charge is -2.20. The van der Waals surface area contributed by atoms with Crippen molar-refractivity contribution in [1.82, 2.24) is 20.5 Å². The molecule has 0 aromatic carbocycles. The molecule has 7 nitrogen and oxygen atoms in total. The summed E-state index contributed by atoms with van der Waals surface area (Å²) >= 11 is 1.40. The van der Waals surface area contributed by atoms with Gasteiger partial charge in [-0.3, -0.25) is 14.9 Å². The van der Waals surface area contributed by atoms with Crippen LogP contribution in [0, 0.1) is 6.92 Å².